The van der Waals surface area contributed by atoms with Crippen molar-refractivity contribution in [3.05, 3.63) is 48.0 Å². The second kappa shape index (κ2) is 31.7. The largest absolute Gasteiger partial charge is 0.508 e. The number of carbonyl (C=O) groups is 6. The summed E-state index contributed by atoms with van der Waals surface area (Å²) in [5, 5.41) is 15.5. The Morgan fingerprint density at radius 2 is 1.24 bits per heavy atom. The van der Waals surface area contributed by atoms with E-state index in [-0.39, 0.29) is 126 Å². The number of H-pyrrole nitrogens is 1. The number of benzene rings is 1. The Labute approximate surface area is 391 Å². The van der Waals surface area contributed by atoms with Gasteiger partial charge in [0.2, 0.25) is 35.4 Å². The fourth-order valence-corrected chi connectivity index (χ4v) is 7.37. The number of carbonyl (C=O) groups excluding carboxylic acids is 6. The van der Waals surface area contributed by atoms with Crippen molar-refractivity contribution in [1.82, 2.24) is 35.3 Å². The van der Waals surface area contributed by atoms with Crippen LogP contribution in [0.2, 0.25) is 0 Å². The zero-order valence-corrected chi connectivity index (χ0v) is 38.7. The number of hydrogen-bond acceptors (Lipinski definition) is 13. The number of hydrogen-bond donors (Lipinski definition) is 12. The van der Waals surface area contributed by atoms with Gasteiger partial charge >= 0.3 is 0 Å². The number of nitrogens with zero attached hydrogens (tertiary/aromatic N) is 6. The number of phenols is 1. The number of aliphatic imine (C=N–C) groups is 2. The van der Waals surface area contributed by atoms with Crippen molar-refractivity contribution in [2.24, 2.45) is 50.1 Å². The number of guanidine groups is 2. The van der Waals surface area contributed by atoms with E-state index in [9.17, 15) is 33.9 Å². The monoisotopic (exact) mass is 945 g/mol. The van der Waals surface area contributed by atoms with Crippen LogP contribution in [-0.4, -0.2) is 160 Å². The van der Waals surface area contributed by atoms with Gasteiger partial charge in [0.15, 0.2) is 11.9 Å². The van der Waals surface area contributed by atoms with E-state index in [1.165, 1.54) is 39.4 Å². The molecule has 1 heterocycles. The Morgan fingerprint density at radius 1 is 0.682 bits per heavy atom. The molecule has 66 heavy (non-hydrogen) atoms. The van der Waals surface area contributed by atoms with E-state index in [1.807, 2.05) is 0 Å². The molecule has 1 aromatic heterocycles. The Bertz CT molecular complexity index is 1840. The number of aryl methyl sites for hydroxylation is 1. The smallest absolute Gasteiger partial charge is 0.243 e. The van der Waals surface area contributed by atoms with Crippen molar-refractivity contribution in [2.45, 2.75) is 95.2 Å². The number of unbranched alkanes of at least 4 members (excludes halogenated alkanes) is 2. The van der Waals surface area contributed by atoms with E-state index in [1.54, 1.807) is 12.1 Å². The van der Waals surface area contributed by atoms with Crippen molar-refractivity contribution in [1.29, 1.82) is 0 Å². The molecule has 0 spiro atoms. The summed E-state index contributed by atoms with van der Waals surface area (Å²) in [7, 11) is 0. The van der Waals surface area contributed by atoms with Gasteiger partial charge in [0.1, 0.15) is 23.9 Å². The SMILES string of the molecule is NCCCCC(C(N)=O)N(CCNC(=O)C(Cc1cnc[nH]1)N(CCNC(=O)C(CCCN=C(N)N)N(CCN)C(=O)CCS)C(=O)CCc1ccc(O)cc1)C(=O)CCCCN=C(N)N. The van der Waals surface area contributed by atoms with Gasteiger partial charge in [-0.25, -0.2) is 4.98 Å². The lowest BCUT2D eigenvalue weighted by Crippen LogP contribution is -2.56. The summed E-state index contributed by atoms with van der Waals surface area (Å²) >= 11 is 4.20. The molecule has 23 nitrogen and oxygen atoms in total. The fraction of sp³-hybridized carbons (Fsp3) is 0.595. The van der Waals surface area contributed by atoms with Gasteiger partial charge < -0.3 is 75.6 Å². The van der Waals surface area contributed by atoms with Crippen LogP contribution in [0.15, 0.2) is 46.8 Å². The molecule has 3 atom stereocenters. The molecule has 2 aromatic rings. The van der Waals surface area contributed by atoms with E-state index >= 15 is 0 Å². The number of amides is 6. The molecule has 0 radical (unpaired) electrons. The summed E-state index contributed by atoms with van der Waals surface area (Å²) < 4.78 is 0. The minimum Gasteiger partial charge on any atom is -0.508 e. The van der Waals surface area contributed by atoms with Gasteiger partial charge in [-0.3, -0.25) is 38.8 Å². The lowest BCUT2D eigenvalue weighted by molar-refractivity contribution is -0.142. The van der Waals surface area contributed by atoms with Gasteiger partial charge in [0.25, 0.3) is 0 Å². The van der Waals surface area contributed by atoms with Crippen molar-refractivity contribution < 1.29 is 33.9 Å². The number of aromatic amines is 1. The predicted molar refractivity (Wildman–Crippen MR) is 255 cm³/mol. The standard InChI is InChI=1S/C42H72N16O7S/c43-16-3-1-6-32(38(45)63)57(35(60)8-2-4-18-53-41(46)47)23-20-52-40(65)34(26-30-27-50-28-55-30)58(36(61)14-11-29-9-12-31(59)13-10-29)24-21-51-39(64)33(7-5-19-54-42(48)49)56(22-17-44)37(62)15-25-66/h9-10,12-13,27-28,32-34,59,66H,1-8,11,14-26,43-44H2,(H2,45,63)(H,50,55)(H,51,64)(H,52,65)(H4,46,47,53)(H4,48,49,54). The molecule has 368 valence electrons. The molecule has 6 amide bonds. The molecule has 0 saturated heterocycles. The summed E-state index contributed by atoms with van der Waals surface area (Å²) in [6.07, 6.45) is 6.19. The van der Waals surface area contributed by atoms with E-state index < -0.39 is 41.8 Å². The molecule has 0 saturated carbocycles. The van der Waals surface area contributed by atoms with E-state index in [0.29, 0.717) is 50.9 Å². The van der Waals surface area contributed by atoms with Crippen LogP contribution >= 0.6 is 12.6 Å². The van der Waals surface area contributed by atoms with Crippen LogP contribution in [0.25, 0.3) is 0 Å². The molecule has 18 N–H and O–H groups in total. The number of rotatable bonds is 34. The van der Waals surface area contributed by atoms with Crippen LogP contribution in [0, 0.1) is 0 Å². The average Bonchev–Trinajstić information content (AvgIpc) is 3.80. The first-order chi connectivity index (χ1) is 31.6. The normalized spacial score (nSPS) is 12.2. The average molecular weight is 945 g/mol. The second-order valence-corrected chi connectivity index (χ2v) is 15.9. The molecular formula is C42H72N16O7S. The highest BCUT2D eigenvalue weighted by Gasteiger charge is 2.33. The Kier molecular flexibility index (Phi) is 26.9. The number of nitrogens with two attached hydrogens (primary N) is 7. The molecule has 0 bridgehead atoms. The van der Waals surface area contributed by atoms with Crippen molar-refractivity contribution in [3.8, 4) is 5.75 Å². The van der Waals surface area contributed by atoms with E-state index in [4.69, 9.17) is 40.1 Å². The molecule has 0 aliphatic carbocycles. The lowest BCUT2D eigenvalue weighted by Gasteiger charge is -2.33. The first-order valence-corrected chi connectivity index (χ1v) is 22.9. The fourth-order valence-electron chi connectivity index (χ4n) is 7.18. The predicted octanol–water partition coefficient (Wildman–Crippen LogP) is -2.50. The Morgan fingerprint density at radius 3 is 1.80 bits per heavy atom. The maximum absolute atomic E-state index is 14.4. The van der Waals surface area contributed by atoms with Crippen LogP contribution in [0.1, 0.15) is 75.5 Å². The van der Waals surface area contributed by atoms with Gasteiger partial charge in [-0.05, 0) is 81.4 Å². The zero-order chi connectivity index (χ0) is 48.9. The third kappa shape index (κ3) is 21.2. The number of phenolic OH excluding ortho intramolecular Hbond substituents is 1. The lowest BCUT2D eigenvalue weighted by atomic mass is 10.0. The first kappa shape index (κ1) is 56.0. The molecule has 24 heteroatoms. The van der Waals surface area contributed by atoms with Crippen LogP contribution in [0.5, 0.6) is 5.75 Å². The topological polar surface area (TPSA) is 392 Å². The van der Waals surface area contributed by atoms with Gasteiger partial charge in [-0.2, -0.15) is 12.6 Å². The van der Waals surface area contributed by atoms with E-state index in [2.05, 4.69) is 43.2 Å². The molecule has 0 aliphatic rings. The van der Waals surface area contributed by atoms with Gasteiger partial charge in [-0.1, -0.05) is 12.1 Å². The highest BCUT2D eigenvalue weighted by Crippen LogP contribution is 2.17. The minimum atomic E-state index is -1.16. The quantitative estimate of drug-likeness (QED) is 0.0150. The molecular weight excluding hydrogens is 873 g/mol. The van der Waals surface area contributed by atoms with E-state index in [0.717, 1.165) is 5.56 Å². The highest BCUT2D eigenvalue weighted by atomic mass is 32.1. The highest BCUT2D eigenvalue weighted by molar-refractivity contribution is 7.80. The summed E-state index contributed by atoms with van der Waals surface area (Å²) in [4.78, 5) is 101. The maximum Gasteiger partial charge on any atom is 0.243 e. The number of imidazole rings is 1. The van der Waals surface area contributed by atoms with Crippen molar-refractivity contribution in [2.75, 3.05) is 64.7 Å². The summed E-state index contributed by atoms with van der Waals surface area (Å²) in [5.41, 5.74) is 40.5. The number of thiol groups is 1. The Balaban J connectivity index is 2.45. The van der Waals surface area contributed by atoms with Crippen LogP contribution in [0.4, 0.5) is 0 Å². The van der Waals surface area contributed by atoms with Crippen LogP contribution < -0.4 is 50.8 Å². The maximum atomic E-state index is 14.4. The number of nitrogens with one attached hydrogen (secondary N) is 3. The second-order valence-electron chi connectivity index (χ2n) is 15.5. The van der Waals surface area contributed by atoms with Gasteiger partial charge in [-0.15, -0.1) is 0 Å². The van der Waals surface area contributed by atoms with Crippen molar-refractivity contribution in [3.63, 3.8) is 0 Å². The number of aromatic hydroxyl groups is 1. The molecule has 3 unspecified atom stereocenters. The summed E-state index contributed by atoms with van der Waals surface area (Å²) in [6, 6.07) is 3.30. The molecule has 0 fully saturated rings. The summed E-state index contributed by atoms with van der Waals surface area (Å²) in [5.74, 6) is -2.76. The molecule has 1 aromatic carbocycles. The first-order valence-electron chi connectivity index (χ1n) is 22.2. The third-order valence-electron chi connectivity index (χ3n) is 10.5. The van der Waals surface area contributed by atoms with Crippen LogP contribution in [0.3, 0.4) is 0 Å². The number of primary amides is 1. The van der Waals surface area contributed by atoms with Gasteiger partial charge in [0.05, 0.1) is 6.33 Å². The molecule has 0 aliphatic heterocycles. The van der Waals surface area contributed by atoms with Crippen LogP contribution in [-0.2, 0) is 41.6 Å². The van der Waals surface area contributed by atoms with Crippen molar-refractivity contribution >= 4 is 60.0 Å². The molecule has 2 rings (SSSR count). The Hall–Kier alpha value is -6.14. The number of aromatic nitrogens is 2. The summed E-state index contributed by atoms with van der Waals surface area (Å²) in [6.45, 7) is 0.659. The third-order valence-corrected chi connectivity index (χ3v) is 10.7. The minimum absolute atomic E-state index is 0.0118. The zero-order valence-electron chi connectivity index (χ0n) is 37.8. The van der Waals surface area contributed by atoms with Gasteiger partial charge in [0, 0.05) is 89.9 Å².